The fraction of sp³-hybridized carbons (Fsp3) is 0.214. The number of amides is 1. The van der Waals surface area contributed by atoms with Gasteiger partial charge in [0, 0.05) is 6.54 Å². The molecule has 0 saturated carbocycles. The van der Waals surface area contributed by atoms with Gasteiger partial charge in [-0.15, -0.1) is 11.3 Å². The molecule has 100 valence electrons. The first-order valence-corrected chi connectivity index (χ1v) is 7.98. The molecule has 0 bridgehead atoms. The van der Waals surface area contributed by atoms with Crippen molar-refractivity contribution in [2.75, 3.05) is 12.3 Å². The van der Waals surface area contributed by atoms with Crippen LogP contribution >= 0.6 is 23.1 Å². The number of hydrogen-bond acceptors (Lipinski definition) is 5. The van der Waals surface area contributed by atoms with Crippen molar-refractivity contribution in [3.63, 3.8) is 0 Å². The molecule has 1 aliphatic heterocycles. The van der Waals surface area contributed by atoms with E-state index in [4.69, 9.17) is 0 Å². The van der Waals surface area contributed by atoms with Gasteiger partial charge in [-0.05, 0) is 19.1 Å². The zero-order chi connectivity index (χ0) is 14.1. The van der Waals surface area contributed by atoms with Crippen LogP contribution in [0.4, 0.5) is 0 Å². The number of nitrogens with zero attached hydrogens (tertiary/aromatic N) is 3. The van der Waals surface area contributed by atoms with E-state index in [0.29, 0.717) is 22.9 Å². The fourth-order valence-corrected chi connectivity index (χ4v) is 4.21. The second-order valence-corrected chi connectivity index (χ2v) is 6.20. The summed E-state index contributed by atoms with van der Waals surface area (Å²) < 4.78 is 1.05. The highest BCUT2D eigenvalue weighted by Crippen LogP contribution is 2.37. The smallest absolute Gasteiger partial charge is 0.237 e. The Bertz CT molecular complexity index is 724. The molecule has 0 radical (unpaired) electrons. The Kier molecular flexibility index (Phi) is 3.47. The van der Waals surface area contributed by atoms with Gasteiger partial charge in [0.05, 0.1) is 21.0 Å². The lowest BCUT2D eigenvalue weighted by Crippen LogP contribution is -2.24. The molecular formula is C14H11N3OS2. The summed E-state index contributed by atoms with van der Waals surface area (Å²) in [5.74, 6) is 0.459. The highest BCUT2D eigenvalue weighted by Gasteiger charge is 2.29. The number of rotatable bonds is 2. The quantitative estimate of drug-likeness (QED) is 0.800. The lowest BCUT2D eigenvalue weighted by Gasteiger charge is -2.14. The van der Waals surface area contributed by atoms with Crippen LogP contribution in [0.1, 0.15) is 11.9 Å². The van der Waals surface area contributed by atoms with E-state index in [2.05, 4.69) is 11.1 Å². The van der Waals surface area contributed by atoms with E-state index in [1.165, 1.54) is 23.1 Å². The number of nitriles is 1. The first kappa shape index (κ1) is 13.2. The van der Waals surface area contributed by atoms with Crippen molar-refractivity contribution in [1.29, 1.82) is 5.26 Å². The van der Waals surface area contributed by atoms with Crippen LogP contribution in [-0.4, -0.2) is 28.1 Å². The Labute approximate surface area is 124 Å². The number of carbonyl (C=O) groups excluding carboxylic acids is 1. The molecular weight excluding hydrogens is 290 g/mol. The summed E-state index contributed by atoms with van der Waals surface area (Å²) in [6.07, 6.45) is 0. The Balaban J connectivity index is 2.14. The van der Waals surface area contributed by atoms with Crippen LogP contribution in [0.2, 0.25) is 0 Å². The summed E-state index contributed by atoms with van der Waals surface area (Å²) in [5, 5.41) is 10.9. The molecule has 1 aliphatic rings. The molecule has 0 spiro atoms. The molecule has 1 aromatic carbocycles. The summed E-state index contributed by atoms with van der Waals surface area (Å²) in [4.78, 5) is 18.0. The molecule has 3 rings (SSSR count). The lowest BCUT2D eigenvalue weighted by atomic mass is 10.3. The molecule has 1 amide bonds. The van der Waals surface area contributed by atoms with E-state index >= 15 is 0 Å². The second kappa shape index (κ2) is 5.27. The summed E-state index contributed by atoms with van der Waals surface area (Å²) >= 11 is 2.91. The SMILES string of the molecule is CCN1C(=O)CSC1=C(C#N)c1nc2ccccc2s1. The number of hydrogen-bond donors (Lipinski definition) is 0. The maximum atomic E-state index is 11.8. The third kappa shape index (κ3) is 2.09. The van der Waals surface area contributed by atoms with Gasteiger partial charge in [-0.1, -0.05) is 23.9 Å². The molecule has 0 atom stereocenters. The third-order valence-corrected chi connectivity index (χ3v) is 5.17. The number of benzene rings is 1. The zero-order valence-corrected chi connectivity index (χ0v) is 12.4. The average molecular weight is 301 g/mol. The maximum absolute atomic E-state index is 11.8. The lowest BCUT2D eigenvalue weighted by molar-refractivity contribution is -0.125. The van der Waals surface area contributed by atoms with Crippen LogP contribution in [0.5, 0.6) is 0 Å². The fourth-order valence-electron chi connectivity index (χ4n) is 2.09. The van der Waals surface area contributed by atoms with E-state index in [-0.39, 0.29) is 5.91 Å². The van der Waals surface area contributed by atoms with E-state index in [0.717, 1.165) is 15.2 Å². The minimum absolute atomic E-state index is 0.0568. The number of allylic oxidation sites excluding steroid dienone is 1. The van der Waals surface area contributed by atoms with Crippen LogP contribution in [0.15, 0.2) is 29.3 Å². The molecule has 2 aromatic rings. The number of aromatic nitrogens is 1. The van der Waals surface area contributed by atoms with Gasteiger partial charge in [0.15, 0.2) is 0 Å². The second-order valence-electron chi connectivity index (χ2n) is 4.21. The topological polar surface area (TPSA) is 57.0 Å². The predicted octanol–water partition coefficient (Wildman–Crippen LogP) is 3.08. The minimum Gasteiger partial charge on any atom is -0.305 e. The van der Waals surface area contributed by atoms with Gasteiger partial charge >= 0.3 is 0 Å². The third-order valence-electron chi connectivity index (χ3n) is 3.03. The standard InChI is InChI=1S/C14H11N3OS2/c1-2-17-12(18)8-19-14(17)9(7-15)13-16-10-5-3-4-6-11(10)20-13/h3-6H,2,8H2,1H3. The van der Waals surface area contributed by atoms with Crippen molar-refractivity contribution >= 4 is 44.8 Å². The van der Waals surface area contributed by atoms with Crippen molar-refractivity contribution in [3.05, 3.63) is 34.3 Å². The van der Waals surface area contributed by atoms with Crippen molar-refractivity contribution in [2.24, 2.45) is 0 Å². The maximum Gasteiger partial charge on any atom is 0.237 e. The summed E-state index contributed by atoms with van der Waals surface area (Å²) in [6, 6.07) is 10.0. The van der Waals surface area contributed by atoms with Gasteiger partial charge in [-0.25, -0.2) is 4.98 Å². The molecule has 20 heavy (non-hydrogen) atoms. The molecule has 1 fully saturated rings. The van der Waals surface area contributed by atoms with Crippen molar-refractivity contribution in [1.82, 2.24) is 9.88 Å². The monoisotopic (exact) mass is 301 g/mol. The number of thioether (sulfide) groups is 1. The number of carbonyl (C=O) groups is 1. The normalized spacial score (nSPS) is 17.6. The molecule has 0 unspecified atom stereocenters. The summed E-state index contributed by atoms with van der Waals surface area (Å²) in [5.41, 5.74) is 1.39. The van der Waals surface area contributed by atoms with Crippen molar-refractivity contribution in [3.8, 4) is 6.07 Å². The Hall–Kier alpha value is -1.84. The first-order valence-electron chi connectivity index (χ1n) is 6.18. The highest BCUT2D eigenvalue weighted by molar-refractivity contribution is 8.04. The summed E-state index contributed by atoms with van der Waals surface area (Å²) in [6.45, 7) is 2.49. The molecule has 1 saturated heterocycles. The van der Waals surface area contributed by atoms with E-state index in [1.807, 2.05) is 31.2 Å². The molecule has 0 N–H and O–H groups in total. The first-order chi connectivity index (χ1) is 9.74. The van der Waals surface area contributed by atoms with Gasteiger partial charge in [-0.3, -0.25) is 4.79 Å². The molecule has 4 nitrogen and oxygen atoms in total. The van der Waals surface area contributed by atoms with Gasteiger partial charge in [0.1, 0.15) is 16.6 Å². The van der Waals surface area contributed by atoms with Gasteiger partial charge in [-0.2, -0.15) is 5.26 Å². The van der Waals surface area contributed by atoms with Gasteiger partial charge in [0.25, 0.3) is 0 Å². The molecule has 6 heteroatoms. The van der Waals surface area contributed by atoms with Gasteiger partial charge < -0.3 is 4.90 Å². The summed E-state index contributed by atoms with van der Waals surface area (Å²) in [7, 11) is 0. The number of para-hydroxylation sites is 1. The van der Waals surface area contributed by atoms with Crippen LogP contribution < -0.4 is 0 Å². The molecule has 0 aliphatic carbocycles. The van der Waals surface area contributed by atoms with Gasteiger partial charge in [0.2, 0.25) is 5.91 Å². The van der Waals surface area contributed by atoms with E-state index < -0.39 is 0 Å². The van der Waals surface area contributed by atoms with Crippen LogP contribution in [0.25, 0.3) is 15.8 Å². The van der Waals surface area contributed by atoms with Crippen LogP contribution in [0, 0.1) is 11.3 Å². The highest BCUT2D eigenvalue weighted by atomic mass is 32.2. The van der Waals surface area contributed by atoms with E-state index in [9.17, 15) is 10.1 Å². The predicted molar refractivity (Wildman–Crippen MR) is 82.0 cm³/mol. The van der Waals surface area contributed by atoms with Crippen molar-refractivity contribution in [2.45, 2.75) is 6.92 Å². The molecule has 1 aromatic heterocycles. The number of thiazole rings is 1. The van der Waals surface area contributed by atoms with Crippen LogP contribution in [0.3, 0.4) is 0 Å². The Morgan fingerprint density at radius 3 is 3.00 bits per heavy atom. The number of fused-ring (bicyclic) bond motifs is 1. The van der Waals surface area contributed by atoms with E-state index in [1.54, 1.807) is 4.90 Å². The average Bonchev–Trinajstić information content (AvgIpc) is 3.03. The Morgan fingerprint density at radius 1 is 1.50 bits per heavy atom. The zero-order valence-electron chi connectivity index (χ0n) is 10.8. The largest absolute Gasteiger partial charge is 0.305 e. The molecule has 2 heterocycles. The van der Waals surface area contributed by atoms with Crippen molar-refractivity contribution < 1.29 is 4.79 Å². The minimum atomic E-state index is 0.0568. The van der Waals surface area contributed by atoms with Crippen LogP contribution in [-0.2, 0) is 4.79 Å². The Morgan fingerprint density at radius 2 is 2.30 bits per heavy atom.